The summed E-state index contributed by atoms with van der Waals surface area (Å²) in [5, 5.41) is 2.35. The molecule has 4 nitrogen and oxygen atoms in total. The third kappa shape index (κ3) is 5.49. The lowest BCUT2D eigenvalue weighted by Crippen LogP contribution is -2.31. The highest BCUT2D eigenvalue weighted by Crippen LogP contribution is 2.61. The fourth-order valence-electron chi connectivity index (χ4n) is 7.76. The molecule has 45 heavy (non-hydrogen) atoms. The van der Waals surface area contributed by atoms with Crippen molar-refractivity contribution in [3.63, 3.8) is 0 Å². The minimum absolute atomic E-state index is 0.0922. The van der Waals surface area contributed by atoms with E-state index < -0.39 is 0 Å². The van der Waals surface area contributed by atoms with Crippen molar-refractivity contribution in [2.24, 2.45) is 11.8 Å². The van der Waals surface area contributed by atoms with Gasteiger partial charge in [-0.1, -0.05) is 103 Å². The summed E-state index contributed by atoms with van der Waals surface area (Å²) in [5.74, 6) is 1.49. The molecule has 4 aromatic heterocycles. The van der Waals surface area contributed by atoms with Gasteiger partial charge < -0.3 is 0 Å². The fourth-order valence-corrected chi connectivity index (χ4v) is 11.3. The molecule has 0 amide bonds. The number of hydrogen-bond donors (Lipinski definition) is 0. The summed E-state index contributed by atoms with van der Waals surface area (Å²) in [6.07, 6.45) is 12.9. The molecule has 4 heterocycles. The highest BCUT2D eigenvalue weighted by molar-refractivity contribution is 7.24. The number of thiophene rings is 2. The van der Waals surface area contributed by atoms with Crippen molar-refractivity contribution in [2.45, 2.75) is 97.3 Å². The maximum absolute atomic E-state index is 4.90. The van der Waals surface area contributed by atoms with E-state index in [-0.39, 0.29) is 5.41 Å². The molecular weight excluding hydrogens is 629 g/mol. The average molecular weight is 671 g/mol. The van der Waals surface area contributed by atoms with Crippen LogP contribution in [0.2, 0.25) is 0 Å². The first-order chi connectivity index (χ1) is 22.1. The van der Waals surface area contributed by atoms with E-state index in [4.69, 9.17) is 8.75 Å². The Labute approximate surface area is 283 Å². The van der Waals surface area contributed by atoms with Crippen molar-refractivity contribution in [2.75, 3.05) is 0 Å². The first-order valence-electron chi connectivity index (χ1n) is 16.8. The average Bonchev–Trinajstić information content (AvgIpc) is 3.90. The van der Waals surface area contributed by atoms with Crippen LogP contribution in [-0.2, 0) is 5.41 Å². The minimum atomic E-state index is 0.0922. The molecule has 2 unspecified atom stereocenters. The molecule has 0 N–H and O–H groups in total. The third-order valence-corrected chi connectivity index (χ3v) is 13.6. The quantitative estimate of drug-likeness (QED) is 0.116. The molecule has 0 saturated carbocycles. The van der Waals surface area contributed by atoms with Gasteiger partial charge in [0.2, 0.25) is 0 Å². The van der Waals surface area contributed by atoms with Crippen molar-refractivity contribution in [3.8, 4) is 31.3 Å². The maximum Gasteiger partial charge on any atom is 0.114 e. The van der Waals surface area contributed by atoms with Gasteiger partial charge in [-0.2, -0.15) is 17.5 Å². The lowest BCUT2D eigenvalue weighted by molar-refractivity contribution is 0.266. The van der Waals surface area contributed by atoms with Gasteiger partial charge in [0.1, 0.15) is 22.1 Å². The monoisotopic (exact) mass is 670 g/mol. The molecule has 0 aliphatic heterocycles. The predicted octanol–water partition coefficient (Wildman–Crippen LogP) is 12.6. The molecule has 6 aromatic rings. The van der Waals surface area contributed by atoms with E-state index in [0.29, 0.717) is 0 Å². The number of hydrogen-bond acceptors (Lipinski definition) is 8. The molecule has 0 radical (unpaired) electrons. The van der Waals surface area contributed by atoms with Crippen LogP contribution < -0.4 is 0 Å². The topological polar surface area (TPSA) is 51.6 Å². The molecule has 0 fully saturated rings. The Morgan fingerprint density at radius 2 is 1.31 bits per heavy atom. The molecule has 1 aliphatic rings. The highest BCUT2D eigenvalue weighted by Gasteiger charge is 2.47. The first kappa shape index (κ1) is 31.1. The zero-order valence-electron chi connectivity index (χ0n) is 26.8. The van der Waals surface area contributed by atoms with Crippen molar-refractivity contribution in [1.82, 2.24) is 17.5 Å². The third-order valence-electron chi connectivity index (χ3n) is 10.3. The van der Waals surface area contributed by atoms with Crippen molar-refractivity contribution < 1.29 is 0 Å². The van der Waals surface area contributed by atoms with Crippen LogP contribution in [0.4, 0.5) is 0 Å². The lowest BCUT2D eigenvalue weighted by atomic mass is 9.65. The van der Waals surface area contributed by atoms with Gasteiger partial charge in [0.15, 0.2) is 0 Å². The van der Waals surface area contributed by atoms with E-state index in [0.717, 1.165) is 45.0 Å². The Kier molecular flexibility index (Phi) is 9.19. The highest BCUT2D eigenvalue weighted by atomic mass is 32.1. The number of benzene rings is 2. The van der Waals surface area contributed by atoms with Crippen LogP contribution in [0.1, 0.15) is 103 Å². The van der Waals surface area contributed by atoms with E-state index in [2.05, 4.69) is 78.2 Å². The zero-order valence-corrected chi connectivity index (χ0v) is 30.0. The van der Waals surface area contributed by atoms with Crippen LogP contribution >= 0.6 is 46.1 Å². The van der Waals surface area contributed by atoms with Crippen LogP contribution in [0, 0.1) is 11.8 Å². The number of aromatic nitrogens is 4. The minimum Gasteiger partial charge on any atom is -0.173 e. The van der Waals surface area contributed by atoms with Gasteiger partial charge in [0, 0.05) is 36.7 Å². The second kappa shape index (κ2) is 13.3. The zero-order chi connectivity index (χ0) is 31.0. The van der Waals surface area contributed by atoms with E-state index in [1.54, 1.807) is 11.1 Å². The van der Waals surface area contributed by atoms with Crippen LogP contribution in [0.5, 0.6) is 0 Å². The Morgan fingerprint density at radius 3 is 2.02 bits per heavy atom. The van der Waals surface area contributed by atoms with Crippen LogP contribution in [0.25, 0.3) is 53.4 Å². The second-order valence-corrected chi connectivity index (χ2v) is 15.9. The second-order valence-electron chi connectivity index (χ2n) is 12.9. The van der Waals surface area contributed by atoms with Crippen molar-refractivity contribution >= 4 is 68.2 Å². The summed E-state index contributed by atoms with van der Waals surface area (Å²) >= 11 is 6.51. The molecule has 234 valence electrons. The lowest BCUT2D eigenvalue weighted by Gasteiger charge is -2.37. The van der Waals surface area contributed by atoms with E-state index in [1.807, 2.05) is 28.7 Å². The summed E-state index contributed by atoms with van der Waals surface area (Å²) in [4.78, 5) is 4.35. The standard InChI is InChI=1S/C37H42N4S4/c1-5-9-12-23(7-3)21-37(22-24(8-4)13-10-6-2)28-18-19-42-35(28)36-29(37)20-31(43-36)27-17-16-26(33-34(27)41-45-40-33)25-14-11-15-30-32(25)39-44-38-30/h11,14-20,23-24H,5-10,12-13,21-22H2,1-4H3. The number of nitrogens with zero attached hydrogens (tertiary/aromatic N) is 4. The number of fused-ring (bicyclic) bond motifs is 5. The Bertz CT molecular complexity index is 1890. The van der Waals surface area contributed by atoms with Gasteiger partial charge in [-0.25, -0.2) is 0 Å². The van der Waals surface area contributed by atoms with E-state index >= 15 is 0 Å². The van der Waals surface area contributed by atoms with Crippen LogP contribution in [0.3, 0.4) is 0 Å². The fraction of sp³-hybridized carbons (Fsp3) is 0.459. The van der Waals surface area contributed by atoms with Crippen molar-refractivity contribution in [1.29, 1.82) is 0 Å². The number of rotatable bonds is 14. The largest absolute Gasteiger partial charge is 0.173 e. The van der Waals surface area contributed by atoms with E-state index in [9.17, 15) is 0 Å². The van der Waals surface area contributed by atoms with Crippen molar-refractivity contribution in [3.05, 3.63) is 59.0 Å². The summed E-state index contributed by atoms with van der Waals surface area (Å²) in [5.41, 5.74) is 10.5. The Morgan fingerprint density at radius 1 is 0.667 bits per heavy atom. The molecular formula is C37H42N4S4. The summed E-state index contributed by atoms with van der Waals surface area (Å²) in [7, 11) is 0. The van der Waals surface area contributed by atoms with Crippen LogP contribution in [-0.4, -0.2) is 17.5 Å². The first-order valence-corrected chi connectivity index (χ1v) is 20.0. The van der Waals surface area contributed by atoms with E-state index in [1.165, 1.54) is 108 Å². The molecule has 0 bridgehead atoms. The Hall–Kier alpha value is -2.52. The van der Waals surface area contributed by atoms with Crippen LogP contribution in [0.15, 0.2) is 47.8 Å². The number of unbranched alkanes of at least 4 members (excludes halogenated alkanes) is 2. The van der Waals surface area contributed by atoms with Gasteiger partial charge in [0.25, 0.3) is 0 Å². The summed E-state index contributed by atoms with van der Waals surface area (Å²) in [6, 6.07) is 15.8. The molecule has 8 heteroatoms. The molecule has 2 atom stereocenters. The van der Waals surface area contributed by atoms with Gasteiger partial charge in [0.05, 0.1) is 23.5 Å². The summed E-state index contributed by atoms with van der Waals surface area (Å²) in [6.45, 7) is 9.51. The predicted molar refractivity (Wildman–Crippen MR) is 197 cm³/mol. The summed E-state index contributed by atoms with van der Waals surface area (Å²) < 4.78 is 18.8. The SMILES string of the molecule is CCCCC(CC)CC1(CC(CC)CCCC)c2ccsc2-c2sc(-c3ccc(-c4cccc5nsnc45)c4nsnc34)cc21. The van der Waals surface area contributed by atoms with Gasteiger partial charge >= 0.3 is 0 Å². The normalized spacial score (nSPS) is 17.2. The van der Waals surface area contributed by atoms with Gasteiger partial charge in [-0.15, -0.1) is 22.7 Å². The molecule has 0 saturated heterocycles. The van der Waals surface area contributed by atoms with Gasteiger partial charge in [-0.3, -0.25) is 0 Å². The van der Waals surface area contributed by atoms with Gasteiger partial charge in [-0.05, 0) is 59.4 Å². The molecule has 7 rings (SSSR count). The molecule has 2 aromatic carbocycles. The molecule has 0 spiro atoms. The molecule has 1 aliphatic carbocycles. The maximum atomic E-state index is 4.90. The smallest absolute Gasteiger partial charge is 0.114 e. The Balaban J connectivity index is 1.35.